The molecule has 28 heavy (non-hydrogen) atoms. The first-order chi connectivity index (χ1) is 13.6. The van der Waals surface area contributed by atoms with E-state index in [-0.39, 0.29) is 5.56 Å². The van der Waals surface area contributed by atoms with Crippen molar-refractivity contribution in [3.63, 3.8) is 0 Å². The largest absolute Gasteiger partial charge is 0.313 e. The van der Waals surface area contributed by atoms with E-state index < -0.39 is 0 Å². The van der Waals surface area contributed by atoms with Crippen molar-refractivity contribution in [1.29, 1.82) is 0 Å². The Kier molecular flexibility index (Phi) is 6.32. The predicted octanol–water partition coefficient (Wildman–Crippen LogP) is 3.37. The van der Waals surface area contributed by atoms with Gasteiger partial charge in [0.05, 0.1) is 17.6 Å². The summed E-state index contributed by atoms with van der Waals surface area (Å²) < 4.78 is 1.54. The Hall–Kier alpha value is -3.28. The van der Waals surface area contributed by atoms with Crippen LogP contribution in [0.25, 0.3) is 11.3 Å². The molecule has 0 N–H and O–H groups in total. The van der Waals surface area contributed by atoms with Crippen LogP contribution in [0.2, 0.25) is 0 Å². The maximum absolute atomic E-state index is 12.6. The van der Waals surface area contributed by atoms with Crippen LogP contribution in [0, 0.1) is 13.8 Å². The highest BCUT2D eigenvalue weighted by molar-refractivity contribution is 5.74. The van der Waals surface area contributed by atoms with Crippen LogP contribution < -0.4 is 10.5 Å². The van der Waals surface area contributed by atoms with E-state index in [0.29, 0.717) is 13.1 Å². The molecule has 1 aromatic carbocycles. The van der Waals surface area contributed by atoms with Gasteiger partial charge in [0.15, 0.2) is 0 Å². The molecule has 0 radical (unpaired) electrons. The smallest absolute Gasteiger partial charge is 0.269 e. The van der Waals surface area contributed by atoms with E-state index in [0.717, 1.165) is 47.3 Å². The number of rotatable bonds is 8. The summed E-state index contributed by atoms with van der Waals surface area (Å²) in [5.41, 5.74) is 4.18. The number of nitrogens with zero attached hydrogens (tertiary/aromatic N) is 4. The summed E-state index contributed by atoms with van der Waals surface area (Å²) in [5, 5.41) is 4.61. The average molecular weight is 376 g/mol. The van der Waals surface area contributed by atoms with Crippen molar-refractivity contribution in [1.82, 2.24) is 14.8 Å². The molecule has 0 saturated carbocycles. The van der Waals surface area contributed by atoms with Crippen molar-refractivity contribution >= 4 is 12.1 Å². The highest BCUT2D eigenvalue weighted by atomic mass is 16.1. The second-order valence-electron chi connectivity index (χ2n) is 6.71. The first kappa shape index (κ1) is 19.5. The third-order valence-electron chi connectivity index (χ3n) is 4.86. The molecule has 0 saturated heterocycles. The van der Waals surface area contributed by atoms with Gasteiger partial charge in [0.2, 0.25) is 6.41 Å². The number of pyridine rings is 1. The number of hydrogen-bond acceptors (Lipinski definition) is 4. The number of aromatic nitrogens is 3. The van der Waals surface area contributed by atoms with E-state index in [9.17, 15) is 9.59 Å². The fourth-order valence-corrected chi connectivity index (χ4v) is 3.10. The Balaban J connectivity index is 1.70. The van der Waals surface area contributed by atoms with Gasteiger partial charge in [-0.2, -0.15) is 5.10 Å². The molecule has 0 aliphatic heterocycles. The van der Waals surface area contributed by atoms with Gasteiger partial charge in [0.25, 0.3) is 5.56 Å². The van der Waals surface area contributed by atoms with Crippen molar-refractivity contribution in [3.8, 4) is 11.3 Å². The monoisotopic (exact) mass is 376 g/mol. The molecule has 6 heteroatoms. The van der Waals surface area contributed by atoms with Gasteiger partial charge in [-0.1, -0.05) is 30.3 Å². The second-order valence-corrected chi connectivity index (χ2v) is 6.71. The lowest BCUT2D eigenvalue weighted by Crippen LogP contribution is -2.28. The van der Waals surface area contributed by atoms with E-state index in [1.165, 1.54) is 0 Å². The maximum Gasteiger partial charge on any atom is 0.269 e. The first-order valence-electron chi connectivity index (χ1n) is 9.37. The van der Waals surface area contributed by atoms with Crippen molar-refractivity contribution < 1.29 is 4.79 Å². The fourth-order valence-electron chi connectivity index (χ4n) is 3.10. The Morgan fingerprint density at radius 2 is 1.82 bits per heavy atom. The second kappa shape index (κ2) is 9.08. The number of hydrogen-bond donors (Lipinski definition) is 0. The molecular weight excluding hydrogens is 352 g/mol. The Labute approximate surface area is 164 Å². The number of unbranched alkanes of at least 4 members (excludes halogenated alkanes) is 1. The average Bonchev–Trinajstić information content (AvgIpc) is 2.75. The van der Waals surface area contributed by atoms with Gasteiger partial charge < -0.3 is 4.90 Å². The lowest BCUT2D eigenvalue weighted by Gasteiger charge is -2.17. The first-order valence-corrected chi connectivity index (χ1v) is 9.37. The topological polar surface area (TPSA) is 68.1 Å². The Morgan fingerprint density at radius 1 is 1.04 bits per heavy atom. The summed E-state index contributed by atoms with van der Waals surface area (Å²) in [6.45, 7) is 4.87. The third-order valence-corrected chi connectivity index (χ3v) is 4.86. The molecule has 0 unspecified atom stereocenters. The molecule has 0 bridgehead atoms. The van der Waals surface area contributed by atoms with Crippen LogP contribution >= 0.6 is 0 Å². The van der Waals surface area contributed by atoms with E-state index in [1.807, 2.05) is 50.2 Å². The number of carbonyl (C=O) groups is 1. The fraction of sp³-hybridized carbons (Fsp3) is 0.273. The summed E-state index contributed by atoms with van der Waals surface area (Å²) in [6, 6.07) is 13.5. The predicted molar refractivity (Wildman–Crippen MR) is 110 cm³/mol. The Morgan fingerprint density at radius 3 is 2.50 bits per heavy atom. The van der Waals surface area contributed by atoms with Gasteiger partial charge in [0.1, 0.15) is 0 Å². The zero-order valence-electron chi connectivity index (χ0n) is 16.2. The highest BCUT2D eigenvalue weighted by Crippen LogP contribution is 2.21. The zero-order valence-corrected chi connectivity index (χ0v) is 16.2. The van der Waals surface area contributed by atoms with Crippen LogP contribution in [-0.2, 0) is 11.3 Å². The molecule has 2 aromatic heterocycles. The molecule has 2 heterocycles. The molecule has 1 amide bonds. The van der Waals surface area contributed by atoms with Gasteiger partial charge >= 0.3 is 0 Å². The van der Waals surface area contributed by atoms with Crippen molar-refractivity contribution in [3.05, 3.63) is 76.3 Å². The van der Waals surface area contributed by atoms with Crippen molar-refractivity contribution in [2.75, 3.05) is 11.4 Å². The summed E-state index contributed by atoms with van der Waals surface area (Å²) in [5.74, 6) is 0. The number of carbonyl (C=O) groups excluding carboxylic acids is 1. The van der Waals surface area contributed by atoms with Crippen LogP contribution in [0.15, 0.2) is 59.7 Å². The number of benzene rings is 1. The SMILES string of the molecule is Cc1c(-c2ccccc2)nn(CCCCN(C=O)c2cccnc2)c(=O)c1C. The van der Waals surface area contributed by atoms with Gasteiger partial charge in [-0.3, -0.25) is 14.6 Å². The van der Waals surface area contributed by atoms with Crippen LogP contribution in [-0.4, -0.2) is 27.7 Å². The van der Waals surface area contributed by atoms with E-state index in [2.05, 4.69) is 10.1 Å². The number of anilines is 1. The minimum Gasteiger partial charge on any atom is -0.313 e. The molecule has 0 aliphatic rings. The molecule has 0 atom stereocenters. The van der Waals surface area contributed by atoms with Gasteiger partial charge in [-0.25, -0.2) is 4.68 Å². The molecule has 0 aliphatic carbocycles. The van der Waals surface area contributed by atoms with Crippen LogP contribution in [0.4, 0.5) is 5.69 Å². The quantitative estimate of drug-likeness (QED) is 0.446. The zero-order chi connectivity index (χ0) is 19.9. The van der Waals surface area contributed by atoms with Crippen molar-refractivity contribution in [2.24, 2.45) is 0 Å². The summed E-state index contributed by atoms with van der Waals surface area (Å²) in [6.07, 6.45) is 5.65. The maximum atomic E-state index is 12.6. The highest BCUT2D eigenvalue weighted by Gasteiger charge is 2.12. The van der Waals surface area contributed by atoms with Crippen LogP contribution in [0.3, 0.4) is 0 Å². The van der Waals surface area contributed by atoms with Crippen molar-refractivity contribution in [2.45, 2.75) is 33.2 Å². The molecule has 144 valence electrons. The lowest BCUT2D eigenvalue weighted by atomic mass is 10.0. The molecular formula is C22H24N4O2. The lowest BCUT2D eigenvalue weighted by molar-refractivity contribution is -0.107. The van der Waals surface area contributed by atoms with Crippen LogP contribution in [0.5, 0.6) is 0 Å². The molecule has 3 aromatic rings. The molecule has 0 spiro atoms. The van der Waals surface area contributed by atoms with E-state index in [1.54, 1.807) is 28.0 Å². The minimum absolute atomic E-state index is 0.0586. The van der Waals surface area contributed by atoms with E-state index >= 15 is 0 Å². The standard InChI is InChI=1S/C22H24N4O2/c1-17-18(2)22(28)26(24-21(17)19-9-4-3-5-10-19)14-7-6-13-25(16-27)20-11-8-12-23-15-20/h3-5,8-12,15-16H,6-7,13-14H2,1-2H3. The Bertz CT molecular complexity index is 985. The third kappa shape index (κ3) is 4.34. The molecule has 0 fully saturated rings. The summed E-state index contributed by atoms with van der Waals surface area (Å²) in [4.78, 5) is 29.6. The van der Waals surface area contributed by atoms with E-state index in [4.69, 9.17) is 0 Å². The number of amides is 1. The van der Waals surface area contributed by atoms with Crippen LogP contribution in [0.1, 0.15) is 24.0 Å². The summed E-state index contributed by atoms with van der Waals surface area (Å²) in [7, 11) is 0. The normalized spacial score (nSPS) is 10.6. The van der Waals surface area contributed by atoms with Gasteiger partial charge in [0, 0.05) is 30.4 Å². The van der Waals surface area contributed by atoms with Gasteiger partial charge in [-0.05, 0) is 44.4 Å². The minimum atomic E-state index is -0.0586. The molecule has 3 rings (SSSR count). The van der Waals surface area contributed by atoms with Gasteiger partial charge in [-0.15, -0.1) is 0 Å². The molecule has 6 nitrogen and oxygen atoms in total. The summed E-state index contributed by atoms with van der Waals surface area (Å²) >= 11 is 0. The number of aryl methyl sites for hydroxylation is 1.